The molecule has 1 aliphatic heterocycles. The van der Waals surface area contributed by atoms with Crippen LogP contribution in [0.3, 0.4) is 0 Å². The van der Waals surface area contributed by atoms with Gasteiger partial charge in [0.1, 0.15) is 0 Å². The molecule has 115 valence electrons. The van der Waals surface area contributed by atoms with Gasteiger partial charge in [0, 0.05) is 17.5 Å². The molecule has 0 saturated heterocycles. The minimum absolute atomic E-state index is 0.162. The van der Waals surface area contributed by atoms with Crippen molar-refractivity contribution < 1.29 is 9.59 Å². The first kappa shape index (κ1) is 15.9. The molecule has 0 bridgehead atoms. The summed E-state index contributed by atoms with van der Waals surface area (Å²) in [5, 5.41) is 8.44. The van der Waals surface area contributed by atoms with Gasteiger partial charge in [-0.1, -0.05) is 40.9 Å². The van der Waals surface area contributed by atoms with Crippen molar-refractivity contribution in [3.05, 3.63) is 61.4 Å². The van der Waals surface area contributed by atoms with Gasteiger partial charge in [0.2, 0.25) is 0 Å². The van der Waals surface area contributed by atoms with Gasteiger partial charge in [0.25, 0.3) is 11.8 Å². The molecule has 0 aliphatic carbocycles. The Morgan fingerprint density at radius 1 is 1.04 bits per heavy atom. The zero-order chi connectivity index (χ0) is 16.6. The number of carbonyl (C=O) groups excluding carboxylic acids is 2. The van der Waals surface area contributed by atoms with Crippen LogP contribution in [0.15, 0.2) is 30.3 Å². The number of hydrogen-bond donors (Lipinski definition) is 1. The number of rotatable bonds is 2. The van der Waals surface area contributed by atoms with Gasteiger partial charge < -0.3 is 5.32 Å². The molecule has 0 unspecified atom stereocenters. The molecule has 0 saturated carbocycles. The first-order valence-corrected chi connectivity index (χ1v) is 7.61. The molecule has 2 amide bonds. The maximum atomic E-state index is 12.4. The highest BCUT2D eigenvalue weighted by Crippen LogP contribution is 2.27. The summed E-state index contributed by atoms with van der Waals surface area (Å²) in [6.07, 6.45) is 2.80. The highest BCUT2D eigenvalue weighted by atomic mass is 35.5. The molecule has 0 fully saturated rings. The summed E-state index contributed by atoms with van der Waals surface area (Å²) in [5.74, 6) is -0.815. The second kappa shape index (κ2) is 6.24. The molecule has 2 aromatic rings. The van der Waals surface area contributed by atoms with Crippen molar-refractivity contribution in [1.82, 2.24) is 5.32 Å². The van der Waals surface area contributed by atoms with Gasteiger partial charge in [-0.3, -0.25) is 9.59 Å². The van der Waals surface area contributed by atoms with Crippen molar-refractivity contribution in [3.63, 3.8) is 0 Å². The number of hydrogen-bond acceptors (Lipinski definition) is 2. The third kappa shape index (κ3) is 3.20. The predicted molar refractivity (Wildman–Crippen MR) is 91.2 cm³/mol. The van der Waals surface area contributed by atoms with Gasteiger partial charge in [-0.15, -0.1) is 0 Å². The van der Waals surface area contributed by atoms with E-state index in [9.17, 15) is 9.59 Å². The topological polar surface area (TPSA) is 60.3 Å². The fraction of sp³-hybridized carbons (Fsp3) is 0. The maximum Gasteiger partial charge on any atom is 0.270 e. The molecule has 7 heteroatoms. The van der Waals surface area contributed by atoms with E-state index in [0.29, 0.717) is 21.1 Å². The molecule has 0 aromatic heterocycles. The average Bonchev–Trinajstić information content (AvgIpc) is 2.51. The fourth-order valence-electron chi connectivity index (χ4n) is 2.11. The fourth-order valence-corrected chi connectivity index (χ4v) is 2.72. The molecule has 2 aromatic carbocycles. The Hall–Kier alpha value is -2.01. The van der Waals surface area contributed by atoms with E-state index >= 15 is 0 Å². The Labute approximate surface area is 146 Å². The number of nitrogens with zero attached hydrogens (tertiary/aromatic N) is 1. The highest BCUT2D eigenvalue weighted by Gasteiger charge is 2.15. The molecule has 1 heterocycles. The predicted octanol–water partition coefficient (Wildman–Crippen LogP) is 2.56. The largest absolute Gasteiger partial charge is 0.321 e. The molecular formula is C16H8Cl3N2O2. The van der Waals surface area contributed by atoms with Crippen LogP contribution in [0.25, 0.3) is 12.3 Å². The van der Waals surface area contributed by atoms with Crippen molar-refractivity contribution in [2.75, 3.05) is 5.32 Å². The van der Waals surface area contributed by atoms with E-state index in [1.165, 1.54) is 12.3 Å². The van der Waals surface area contributed by atoms with Crippen LogP contribution in [-0.2, 0) is 4.79 Å². The number of halogens is 3. The molecule has 4 nitrogen and oxygen atoms in total. The zero-order valence-corrected chi connectivity index (χ0v) is 13.7. The summed E-state index contributed by atoms with van der Waals surface area (Å²) in [5.41, 5.74) is 0.598. The van der Waals surface area contributed by atoms with E-state index in [1.807, 2.05) is 0 Å². The van der Waals surface area contributed by atoms with Crippen LogP contribution in [0.5, 0.6) is 0 Å². The third-order valence-corrected chi connectivity index (χ3v) is 4.36. The van der Waals surface area contributed by atoms with Crippen LogP contribution < -0.4 is 21.1 Å². The maximum absolute atomic E-state index is 12.4. The Morgan fingerprint density at radius 3 is 2.61 bits per heavy atom. The van der Waals surface area contributed by atoms with E-state index in [-0.39, 0.29) is 21.5 Å². The van der Waals surface area contributed by atoms with Gasteiger partial charge in [0.05, 0.1) is 26.3 Å². The Bertz CT molecular complexity index is 955. The lowest BCUT2D eigenvalue weighted by molar-refractivity contribution is -0.114. The van der Waals surface area contributed by atoms with E-state index < -0.39 is 5.91 Å². The quantitative estimate of drug-likeness (QED) is 0.888. The van der Waals surface area contributed by atoms with Gasteiger partial charge in [-0.2, -0.15) is 0 Å². The number of carbonyl (C=O) groups is 2. The van der Waals surface area contributed by atoms with Crippen LogP contribution in [0.4, 0.5) is 5.69 Å². The summed E-state index contributed by atoms with van der Waals surface area (Å²) in [6, 6.07) is 8.00. The lowest BCUT2D eigenvalue weighted by Gasteiger charge is -2.10. The average molecular weight is 367 g/mol. The normalized spacial score (nSPS) is 12.6. The van der Waals surface area contributed by atoms with Crippen molar-refractivity contribution in [2.45, 2.75) is 0 Å². The molecule has 3 rings (SSSR count). The van der Waals surface area contributed by atoms with Crippen molar-refractivity contribution >= 4 is 64.6 Å². The molecule has 0 spiro atoms. The summed E-state index contributed by atoms with van der Waals surface area (Å²) in [4.78, 5) is 23.7. The van der Waals surface area contributed by atoms with E-state index in [0.717, 1.165) is 0 Å². The lowest BCUT2D eigenvalue weighted by Crippen LogP contribution is -2.33. The van der Waals surface area contributed by atoms with E-state index in [4.69, 9.17) is 34.8 Å². The third-order valence-electron chi connectivity index (χ3n) is 3.23. The van der Waals surface area contributed by atoms with Gasteiger partial charge in [-0.05, 0) is 29.5 Å². The van der Waals surface area contributed by atoms with Crippen LogP contribution in [0.1, 0.15) is 10.4 Å². The van der Waals surface area contributed by atoms with Crippen LogP contribution in [0.2, 0.25) is 15.1 Å². The first-order valence-electron chi connectivity index (χ1n) is 6.47. The number of fused-ring (bicyclic) bond motifs is 1. The highest BCUT2D eigenvalue weighted by molar-refractivity contribution is 6.44. The zero-order valence-electron chi connectivity index (χ0n) is 11.4. The van der Waals surface area contributed by atoms with Gasteiger partial charge in [-0.25, -0.2) is 5.32 Å². The van der Waals surface area contributed by atoms with Crippen molar-refractivity contribution in [2.24, 2.45) is 0 Å². The number of amides is 2. The Balaban J connectivity index is 1.99. The summed E-state index contributed by atoms with van der Waals surface area (Å²) in [6.45, 7) is 0. The summed E-state index contributed by atoms with van der Waals surface area (Å²) >= 11 is 18.1. The van der Waals surface area contributed by atoms with Crippen LogP contribution in [-0.4, -0.2) is 11.8 Å². The molecule has 1 N–H and O–H groups in total. The van der Waals surface area contributed by atoms with E-state index in [2.05, 4.69) is 10.6 Å². The van der Waals surface area contributed by atoms with Crippen LogP contribution in [0, 0.1) is 0 Å². The Morgan fingerprint density at radius 2 is 1.83 bits per heavy atom. The number of benzene rings is 2. The lowest BCUT2D eigenvalue weighted by atomic mass is 10.1. The SMILES string of the molecule is O=C1C=c2cc(NC(=O)c3cccc(Cl)c3Cl)c(Cl)cc2=C[N]1. The molecule has 23 heavy (non-hydrogen) atoms. The smallest absolute Gasteiger partial charge is 0.270 e. The first-order chi connectivity index (χ1) is 11.0. The van der Waals surface area contributed by atoms with Crippen LogP contribution >= 0.6 is 34.8 Å². The summed E-state index contributed by atoms with van der Waals surface area (Å²) < 4.78 is 0. The molecular weight excluding hydrogens is 359 g/mol. The minimum atomic E-state index is -0.449. The molecule has 1 radical (unpaired) electrons. The van der Waals surface area contributed by atoms with Crippen molar-refractivity contribution in [1.29, 1.82) is 0 Å². The second-order valence-electron chi connectivity index (χ2n) is 4.76. The van der Waals surface area contributed by atoms with E-state index in [1.54, 1.807) is 30.3 Å². The Kier molecular flexibility index (Phi) is 4.31. The summed E-state index contributed by atoms with van der Waals surface area (Å²) in [7, 11) is 0. The molecule has 0 atom stereocenters. The van der Waals surface area contributed by atoms with Gasteiger partial charge in [0.15, 0.2) is 0 Å². The monoisotopic (exact) mass is 365 g/mol. The molecule has 1 aliphatic rings. The number of nitrogens with one attached hydrogen (secondary N) is 1. The van der Waals surface area contributed by atoms with Crippen molar-refractivity contribution in [3.8, 4) is 0 Å². The second-order valence-corrected chi connectivity index (χ2v) is 5.95. The minimum Gasteiger partial charge on any atom is -0.321 e. The standard InChI is InChI=1S/C16H8Cl3N2O2/c17-11-3-1-2-10(15(11)19)16(23)21-13-5-8-6-14(22)20-7-9(8)4-12(13)18/h1-7H,(H,21,23). The van der Waals surface area contributed by atoms with Gasteiger partial charge >= 0.3 is 0 Å². The number of anilines is 1.